The minimum absolute atomic E-state index is 0.0728. The maximum atomic E-state index is 12.2. The molecule has 0 N–H and O–H groups in total. The third-order valence-corrected chi connectivity index (χ3v) is 4.31. The van der Waals surface area contributed by atoms with Crippen molar-refractivity contribution in [1.29, 1.82) is 0 Å². The molecule has 4 nitrogen and oxygen atoms in total. The molecule has 4 heteroatoms. The Balaban J connectivity index is 1.73. The number of amides is 2. The van der Waals surface area contributed by atoms with Crippen LogP contribution in [0, 0.1) is 0 Å². The average molecular weight is 338 g/mol. The van der Waals surface area contributed by atoms with Gasteiger partial charge in [0.25, 0.3) is 0 Å². The van der Waals surface area contributed by atoms with E-state index in [1.54, 1.807) is 23.9 Å². The van der Waals surface area contributed by atoms with Crippen LogP contribution in [0.3, 0.4) is 0 Å². The molecule has 0 saturated heterocycles. The summed E-state index contributed by atoms with van der Waals surface area (Å²) in [5, 5.41) is 0. The van der Waals surface area contributed by atoms with Crippen molar-refractivity contribution in [2.75, 3.05) is 27.2 Å². The van der Waals surface area contributed by atoms with Crippen LogP contribution in [-0.2, 0) is 22.4 Å². The molecule has 0 heterocycles. The van der Waals surface area contributed by atoms with Gasteiger partial charge in [0.15, 0.2) is 0 Å². The van der Waals surface area contributed by atoms with Crippen molar-refractivity contribution in [3.05, 3.63) is 71.8 Å². The Hall–Kier alpha value is -2.62. The van der Waals surface area contributed by atoms with Crippen LogP contribution < -0.4 is 0 Å². The minimum atomic E-state index is -0.132. The molecule has 2 aromatic carbocycles. The van der Waals surface area contributed by atoms with Crippen molar-refractivity contribution >= 4 is 11.8 Å². The highest BCUT2D eigenvalue weighted by Crippen LogP contribution is 2.04. The molecule has 0 bridgehead atoms. The summed E-state index contributed by atoms with van der Waals surface area (Å²) in [6.45, 7) is 1.23. The van der Waals surface area contributed by atoms with E-state index in [9.17, 15) is 9.59 Å². The first kappa shape index (κ1) is 18.7. The van der Waals surface area contributed by atoms with Gasteiger partial charge in [-0.1, -0.05) is 60.7 Å². The molecule has 0 radical (unpaired) electrons. The number of hydrogen-bond donors (Lipinski definition) is 0. The zero-order valence-corrected chi connectivity index (χ0v) is 15.0. The van der Waals surface area contributed by atoms with Gasteiger partial charge in [0.1, 0.15) is 6.42 Å². The summed E-state index contributed by atoms with van der Waals surface area (Å²) < 4.78 is 0. The Morgan fingerprint density at radius 2 is 1.04 bits per heavy atom. The molecule has 0 unspecified atom stereocenters. The first-order valence-electron chi connectivity index (χ1n) is 8.62. The van der Waals surface area contributed by atoms with E-state index in [0.29, 0.717) is 13.1 Å². The van der Waals surface area contributed by atoms with Gasteiger partial charge in [-0.05, 0) is 24.0 Å². The van der Waals surface area contributed by atoms with Gasteiger partial charge in [0, 0.05) is 27.2 Å². The SMILES string of the molecule is CN(CCc1ccccc1)C(=O)CC(=O)N(C)CCc1ccccc1. The summed E-state index contributed by atoms with van der Waals surface area (Å²) in [4.78, 5) is 27.7. The van der Waals surface area contributed by atoms with E-state index in [-0.39, 0.29) is 18.2 Å². The summed E-state index contributed by atoms with van der Waals surface area (Å²) in [5.41, 5.74) is 2.38. The highest BCUT2D eigenvalue weighted by molar-refractivity contribution is 5.96. The van der Waals surface area contributed by atoms with Gasteiger partial charge in [0.05, 0.1) is 0 Å². The molecule has 0 fully saturated rings. The second kappa shape index (κ2) is 9.62. The smallest absolute Gasteiger partial charge is 0.231 e. The molecule has 132 valence electrons. The monoisotopic (exact) mass is 338 g/mol. The predicted molar refractivity (Wildman–Crippen MR) is 100 cm³/mol. The lowest BCUT2D eigenvalue weighted by atomic mass is 10.1. The van der Waals surface area contributed by atoms with Gasteiger partial charge >= 0.3 is 0 Å². The molecule has 0 spiro atoms. The van der Waals surface area contributed by atoms with Crippen LogP contribution in [0.1, 0.15) is 17.5 Å². The van der Waals surface area contributed by atoms with Gasteiger partial charge in [-0.25, -0.2) is 0 Å². The van der Waals surface area contributed by atoms with E-state index in [4.69, 9.17) is 0 Å². The molecule has 2 aromatic rings. The van der Waals surface area contributed by atoms with Gasteiger partial charge in [-0.15, -0.1) is 0 Å². The van der Waals surface area contributed by atoms with Crippen LogP contribution in [0.15, 0.2) is 60.7 Å². The second-order valence-electron chi connectivity index (χ2n) is 6.28. The van der Waals surface area contributed by atoms with Crippen LogP contribution in [-0.4, -0.2) is 48.8 Å². The highest BCUT2D eigenvalue weighted by atomic mass is 16.2. The summed E-state index contributed by atoms with van der Waals surface area (Å²) in [7, 11) is 3.51. The molecule has 0 atom stereocenters. The third-order valence-electron chi connectivity index (χ3n) is 4.31. The lowest BCUT2D eigenvalue weighted by molar-refractivity contribution is -0.139. The highest BCUT2D eigenvalue weighted by Gasteiger charge is 2.17. The number of benzene rings is 2. The van der Waals surface area contributed by atoms with E-state index in [2.05, 4.69) is 0 Å². The van der Waals surface area contributed by atoms with Crippen LogP contribution in [0.5, 0.6) is 0 Å². The second-order valence-corrected chi connectivity index (χ2v) is 6.28. The summed E-state index contributed by atoms with van der Waals surface area (Å²) in [6.07, 6.45) is 1.51. The topological polar surface area (TPSA) is 40.6 Å². The fraction of sp³-hybridized carbons (Fsp3) is 0.333. The Morgan fingerprint density at radius 1 is 0.680 bits per heavy atom. The number of carbonyl (C=O) groups is 2. The molecule has 25 heavy (non-hydrogen) atoms. The third kappa shape index (κ3) is 6.42. The van der Waals surface area contributed by atoms with Gasteiger partial charge in [-0.2, -0.15) is 0 Å². The summed E-state index contributed by atoms with van der Waals surface area (Å²) in [5.74, 6) is -0.264. The van der Waals surface area contributed by atoms with Crippen LogP contribution >= 0.6 is 0 Å². The minimum Gasteiger partial charge on any atom is -0.345 e. The maximum Gasteiger partial charge on any atom is 0.231 e. The fourth-order valence-corrected chi connectivity index (χ4v) is 2.53. The molecular weight excluding hydrogens is 312 g/mol. The Kier molecular flexibility index (Phi) is 7.20. The zero-order valence-electron chi connectivity index (χ0n) is 15.0. The molecular formula is C21H26N2O2. The first-order valence-corrected chi connectivity index (χ1v) is 8.62. The van der Waals surface area contributed by atoms with Crippen molar-refractivity contribution < 1.29 is 9.59 Å². The lowest BCUT2D eigenvalue weighted by Gasteiger charge is -2.20. The van der Waals surface area contributed by atoms with E-state index >= 15 is 0 Å². The standard InChI is InChI=1S/C21H26N2O2/c1-22(15-13-18-9-5-3-6-10-18)20(24)17-21(25)23(2)16-14-19-11-7-4-8-12-19/h3-12H,13-17H2,1-2H3. The largest absolute Gasteiger partial charge is 0.345 e. The van der Waals surface area contributed by atoms with E-state index in [1.807, 2.05) is 60.7 Å². The Bertz CT molecular complexity index is 611. The molecule has 0 aliphatic carbocycles. The van der Waals surface area contributed by atoms with Crippen molar-refractivity contribution in [1.82, 2.24) is 9.80 Å². The molecule has 0 aromatic heterocycles. The van der Waals surface area contributed by atoms with E-state index in [0.717, 1.165) is 12.8 Å². The number of hydrogen-bond acceptors (Lipinski definition) is 2. The summed E-state index contributed by atoms with van der Waals surface area (Å²) >= 11 is 0. The van der Waals surface area contributed by atoms with Crippen LogP contribution in [0.25, 0.3) is 0 Å². The Morgan fingerprint density at radius 3 is 1.40 bits per heavy atom. The number of rotatable bonds is 8. The molecule has 2 amide bonds. The molecule has 0 saturated carbocycles. The quantitative estimate of drug-likeness (QED) is 0.695. The number of nitrogens with zero attached hydrogens (tertiary/aromatic N) is 2. The predicted octanol–water partition coefficient (Wildman–Crippen LogP) is 2.78. The van der Waals surface area contributed by atoms with Crippen molar-refractivity contribution in [3.8, 4) is 0 Å². The molecule has 2 rings (SSSR count). The van der Waals surface area contributed by atoms with Crippen molar-refractivity contribution in [2.45, 2.75) is 19.3 Å². The van der Waals surface area contributed by atoms with Crippen molar-refractivity contribution in [2.24, 2.45) is 0 Å². The number of likely N-dealkylation sites (N-methyl/N-ethyl adjacent to an activating group) is 2. The Labute approximate surface area is 150 Å². The number of carbonyl (C=O) groups excluding carboxylic acids is 2. The van der Waals surface area contributed by atoms with E-state index < -0.39 is 0 Å². The molecule has 0 aliphatic rings. The van der Waals surface area contributed by atoms with Gasteiger partial charge in [0.2, 0.25) is 11.8 Å². The molecule has 0 aliphatic heterocycles. The van der Waals surface area contributed by atoms with Crippen LogP contribution in [0.2, 0.25) is 0 Å². The maximum absolute atomic E-state index is 12.2. The van der Waals surface area contributed by atoms with E-state index in [1.165, 1.54) is 11.1 Å². The normalized spacial score (nSPS) is 10.3. The van der Waals surface area contributed by atoms with Crippen molar-refractivity contribution in [3.63, 3.8) is 0 Å². The summed E-state index contributed by atoms with van der Waals surface area (Å²) in [6, 6.07) is 20.1. The first-order chi connectivity index (χ1) is 12.1. The van der Waals surface area contributed by atoms with Gasteiger partial charge in [-0.3, -0.25) is 9.59 Å². The lowest BCUT2D eigenvalue weighted by Crippen LogP contribution is -2.36. The van der Waals surface area contributed by atoms with Crippen LogP contribution in [0.4, 0.5) is 0 Å². The average Bonchev–Trinajstić information content (AvgIpc) is 2.65. The fourth-order valence-electron chi connectivity index (χ4n) is 2.53. The van der Waals surface area contributed by atoms with Gasteiger partial charge < -0.3 is 9.80 Å². The zero-order chi connectivity index (χ0) is 18.1.